The summed E-state index contributed by atoms with van der Waals surface area (Å²) < 4.78 is 24.6. The topological polar surface area (TPSA) is 84.9 Å². The number of halogens is 2. The second-order valence-corrected chi connectivity index (χ2v) is 5.87. The molecule has 0 spiro atoms. The molecule has 2 aromatic carbocycles. The second-order valence-electron chi connectivity index (χ2n) is 5.46. The number of rotatable bonds is 7. The first-order valence-corrected chi connectivity index (χ1v) is 8.16. The lowest BCUT2D eigenvalue weighted by Gasteiger charge is -2.14. The number of benzene rings is 2. The number of methoxy groups -OCH3 is 1. The molecule has 2 N–H and O–H groups in total. The van der Waals surface area contributed by atoms with Gasteiger partial charge in [-0.15, -0.1) is 0 Å². The first-order valence-electron chi connectivity index (χ1n) is 7.78. The van der Waals surface area contributed by atoms with E-state index in [2.05, 4.69) is 5.32 Å². The molecule has 0 unspecified atom stereocenters. The molecule has 0 aromatic heterocycles. The Balaban J connectivity index is 2.32. The maximum Gasteiger partial charge on any atom is 0.352 e. The molecule has 0 saturated heterocycles. The molecule has 27 heavy (non-hydrogen) atoms. The van der Waals surface area contributed by atoms with E-state index in [1.54, 1.807) is 18.2 Å². The number of carboxylic acid groups (broad SMARTS) is 1. The predicted molar refractivity (Wildman–Crippen MR) is 98.2 cm³/mol. The highest BCUT2D eigenvalue weighted by molar-refractivity contribution is 6.32. The van der Waals surface area contributed by atoms with Gasteiger partial charge < -0.3 is 19.9 Å². The smallest absolute Gasteiger partial charge is 0.352 e. The first kappa shape index (κ1) is 20.3. The molecular formula is C19H17ClFNO5. The summed E-state index contributed by atoms with van der Waals surface area (Å²) in [6.07, 6.45) is 1.23. The van der Waals surface area contributed by atoms with E-state index in [0.29, 0.717) is 11.1 Å². The van der Waals surface area contributed by atoms with Crippen molar-refractivity contribution >= 4 is 29.6 Å². The van der Waals surface area contributed by atoms with Crippen LogP contribution in [-0.4, -0.2) is 24.1 Å². The summed E-state index contributed by atoms with van der Waals surface area (Å²) in [7, 11) is 1.39. The average molecular weight is 394 g/mol. The summed E-state index contributed by atoms with van der Waals surface area (Å²) in [5.41, 5.74) is 0.403. The molecule has 1 amide bonds. The number of aliphatic carboxylic acids is 1. The fourth-order valence-corrected chi connectivity index (χ4v) is 2.51. The number of nitrogens with one attached hydrogen (secondary N) is 1. The van der Waals surface area contributed by atoms with Crippen LogP contribution in [0.1, 0.15) is 18.1 Å². The number of ether oxygens (including phenoxy) is 2. The van der Waals surface area contributed by atoms with Crippen molar-refractivity contribution < 1.29 is 28.6 Å². The molecule has 0 atom stereocenters. The maximum atomic E-state index is 13.7. The van der Waals surface area contributed by atoms with Gasteiger partial charge in [0.1, 0.15) is 18.1 Å². The Morgan fingerprint density at radius 2 is 2.00 bits per heavy atom. The van der Waals surface area contributed by atoms with Crippen molar-refractivity contribution in [3.8, 4) is 11.5 Å². The number of amides is 1. The van der Waals surface area contributed by atoms with Gasteiger partial charge in [0, 0.05) is 12.5 Å². The van der Waals surface area contributed by atoms with E-state index in [9.17, 15) is 14.0 Å². The lowest BCUT2D eigenvalue weighted by Crippen LogP contribution is -2.24. The summed E-state index contributed by atoms with van der Waals surface area (Å²) in [6.45, 7) is 1.13. The summed E-state index contributed by atoms with van der Waals surface area (Å²) >= 11 is 6.23. The van der Waals surface area contributed by atoms with E-state index in [-0.39, 0.29) is 28.8 Å². The van der Waals surface area contributed by atoms with Gasteiger partial charge in [0.25, 0.3) is 0 Å². The third kappa shape index (κ3) is 5.46. The van der Waals surface area contributed by atoms with Gasteiger partial charge in [-0.05, 0) is 29.8 Å². The van der Waals surface area contributed by atoms with Crippen LogP contribution in [0.15, 0.2) is 42.1 Å². The van der Waals surface area contributed by atoms with Crippen molar-refractivity contribution in [2.75, 3.05) is 7.11 Å². The lowest BCUT2D eigenvalue weighted by molar-refractivity contribution is -0.134. The standard InChI is InChI=1S/C19H17ClFNO5/c1-11(23)22-16(19(24)25)8-12-7-14(20)18(17(9-12)26-2)27-10-13-5-3-4-6-15(13)21/h3-9H,10H2,1-2H3,(H,22,23)(H,24,25)/b16-8+. The number of carboxylic acids is 1. The van der Waals surface area contributed by atoms with Crippen molar-refractivity contribution in [2.24, 2.45) is 0 Å². The molecule has 142 valence electrons. The Morgan fingerprint density at radius 3 is 2.59 bits per heavy atom. The third-order valence-corrected chi connectivity index (χ3v) is 3.71. The zero-order valence-corrected chi connectivity index (χ0v) is 15.3. The largest absolute Gasteiger partial charge is 0.493 e. The van der Waals surface area contributed by atoms with E-state index in [0.717, 1.165) is 0 Å². The van der Waals surface area contributed by atoms with Crippen LogP contribution >= 0.6 is 11.6 Å². The minimum atomic E-state index is -1.31. The van der Waals surface area contributed by atoms with Gasteiger partial charge in [0.2, 0.25) is 5.91 Å². The molecule has 0 radical (unpaired) electrons. The van der Waals surface area contributed by atoms with E-state index in [1.807, 2.05) is 0 Å². The van der Waals surface area contributed by atoms with Gasteiger partial charge in [-0.25, -0.2) is 9.18 Å². The molecule has 0 bridgehead atoms. The summed E-state index contributed by atoms with van der Waals surface area (Å²) in [4.78, 5) is 22.4. The van der Waals surface area contributed by atoms with Crippen LogP contribution in [0.4, 0.5) is 4.39 Å². The van der Waals surface area contributed by atoms with Crippen LogP contribution in [0, 0.1) is 5.82 Å². The van der Waals surface area contributed by atoms with E-state index >= 15 is 0 Å². The van der Waals surface area contributed by atoms with E-state index in [1.165, 1.54) is 38.3 Å². The van der Waals surface area contributed by atoms with Gasteiger partial charge in [0.15, 0.2) is 11.5 Å². The monoisotopic (exact) mass is 393 g/mol. The molecule has 0 saturated carbocycles. The number of hydrogen-bond donors (Lipinski definition) is 2. The Labute approximate surface area is 160 Å². The molecule has 6 nitrogen and oxygen atoms in total. The summed E-state index contributed by atoms with van der Waals surface area (Å²) in [5, 5.41) is 11.5. The summed E-state index contributed by atoms with van der Waals surface area (Å²) in [5.74, 6) is -1.81. The molecule has 2 rings (SSSR count). The molecule has 0 aliphatic heterocycles. The Bertz CT molecular complexity index is 898. The predicted octanol–water partition coefficient (Wildman–Crippen LogP) is 3.63. The SMILES string of the molecule is COc1cc(/C=C(/NC(C)=O)C(=O)O)cc(Cl)c1OCc1ccccc1F. The zero-order chi connectivity index (χ0) is 20.0. The maximum absolute atomic E-state index is 13.7. The van der Waals surface area contributed by atoms with Gasteiger partial charge in [-0.3, -0.25) is 4.79 Å². The molecule has 0 aliphatic carbocycles. The lowest BCUT2D eigenvalue weighted by atomic mass is 10.1. The highest BCUT2D eigenvalue weighted by atomic mass is 35.5. The van der Waals surface area contributed by atoms with Crippen LogP contribution < -0.4 is 14.8 Å². The van der Waals surface area contributed by atoms with Crippen molar-refractivity contribution in [3.05, 3.63) is 64.1 Å². The van der Waals surface area contributed by atoms with Gasteiger partial charge in [-0.1, -0.05) is 29.8 Å². The normalized spacial score (nSPS) is 11.0. The van der Waals surface area contributed by atoms with Gasteiger partial charge in [-0.2, -0.15) is 0 Å². The molecule has 2 aromatic rings. The highest BCUT2D eigenvalue weighted by Crippen LogP contribution is 2.37. The number of hydrogen-bond acceptors (Lipinski definition) is 4. The van der Waals surface area contributed by atoms with Gasteiger partial charge in [0.05, 0.1) is 12.1 Å². The van der Waals surface area contributed by atoms with Gasteiger partial charge >= 0.3 is 5.97 Å². The minimum Gasteiger partial charge on any atom is -0.493 e. The molecular weight excluding hydrogens is 377 g/mol. The van der Waals surface area contributed by atoms with E-state index in [4.69, 9.17) is 26.2 Å². The van der Waals surface area contributed by atoms with Crippen LogP contribution in [0.3, 0.4) is 0 Å². The summed E-state index contributed by atoms with van der Waals surface area (Å²) in [6, 6.07) is 9.10. The Kier molecular flexibility index (Phi) is 6.79. The van der Waals surface area contributed by atoms with Crippen LogP contribution in [0.2, 0.25) is 5.02 Å². The van der Waals surface area contributed by atoms with Crippen molar-refractivity contribution in [1.82, 2.24) is 5.32 Å². The zero-order valence-electron chi connectivity index (χ0n) is 14.6. The fraction of sp³-hybridized carbons (Fsp3) is 0.158. The molecule has 0 fully saturated rings. The second kappa shape index (κ2) is 9.05. The van der Waals surface area contributed by atoms with Crippen molar-refractivity contribution in [1.29, 1.82) is 0 Å². The molecule has 0 aliphatic rings. The average Bonchev–Trinajstić information content (AvgIpc) is 2.60. The van der Waals surface area contributed by atoms with Crippen molar-refractivity contribution in [2.45, 2.75) is 13.5 Å². The van der Waals surface area contributed by atoms with E-state index < -0.39 is 17.7 Å². The van der Waals surface area contributed by atoms with Crippen LogP contribution in [0.5, 0.6) is 11.5 Å². The Morgan fingerprint density at radius 1 is 1.30 bits per heavy atom. The minimum absolute atomic E-state index is 0.0653. The van der Waals surface area contributed by atoms with Crippen LogP contribution in [0.25, 0.3) is 6.08 Å². The van der Waals surface area contributed by atoms with Crippen LogP contribution in [-0.2, 0) is 16.2 Å². The molecule has 8 heteroatoms. The first-order chi connectivity index (χ1) is 12.8. The number of carbonyl (C=O) groups is 2. The number of carbonyl (C=O) groups excluding carboxylic acids is 1. The Hall–Kier alpha value is -3.06. The fourth-order valence-electron chi connectivity index (χ4n) is 2.24. The quantitative estimate of drug-likeness (QED) is 0.702. The molecule has 0 heterocycles. The third-order valence-electron chi connectivity index (χ3n) is 3.43. The van der Waals surface area contributed by atoms with Crippen molar-refractivity contribution in [3.63, 3.8) is 0 Å². The highest BCUT2D eigenvalue weighted by Gasteiger charge is 2.15.